The molecule has 3 amide bonds. The maximum Gasteiger partial charge on any atom is 0.319 e. The summed E-state index contributed by atoms with van der Waals surface area (Å²) < 4.78 is 0. The number of anilines is 2. The molecule has 0 spiro atoms. The van der Waals surface area contributed by atoms with Gasteiger partial charge in [-0.25, -0.2) is 4.79 Å². The number of hydrogen-bond acceptors (Lipinski definition) is 3. The molecule has 2 N–H and O–H groups in total. The lowest BCUT2D eigenvalue weighted by atomic mass is 10.1. The lowest BCUT2D eigenvalue weighted by Gasteiger charge is -2.31. The molecule has 1 atom stereocenters. The van der Waals surface area contributed by atoms with Crippen molar-refractivity contribution in [3.05, 3.63) is 59.2 Å². The van der Waals surface area contributed by atoms with E-state index in [1.807, 2.05) is 94.1 Å². The van der Waals surface area contributed by atoms with Crippen molar-refractivity contribution in [3.8, 4) is 0 Å². The van der Waals surface area contributed by atoms with Gasteiger partial charge in [-0.15, -0.1) is 0 Å². The minimum atomic E-state index is -0.329. The predicted molar refractivity (Wildman–Crippen MR) is 133 cm³/mol. The molecule has 1 unspecified atom stereocenters. The Labute approximate surface area is 193 Å². The fourth-order valence-corrected chi connectivity index (χ4v) is 3.50. The zero-order valence-electron chi connectivity index (χ0n) is 20.7. The SMILES string of the molecule is CCC(C)N(Cc1cc(NC(=O)NC(C)(C)C)ccc1N(C)C)C(=O)c1cccc(C)c1. The summed E-state index contributed by atoms with van der Waals surface area (Å²) in [5, 5.41) is 5.83. The minimum absolute atomic E-state index is 0.0107. The molecule has 0 aliphatic carbocycles. The second kappa shape index (κ2) is 10.5. The quantitative estimate of drug-likeness (QED) is 0.606. The van der Waals surface area contributed by atoms with E-state index >= 15 is 0 Å². The van der Waals surface area contributed by atoms with Crippen molar-refractivity contribution < 1.29 is 9.59 Å². The monoisotopic (exact) mass is 438 g/mol. The van der Waals surface area contributed by atoms with Crippen LogP contribution >= 0.6 is 0 Å². The van der Waals surface area contributed by atoms with Crippen LogP contribution in [0.2, 0.25) is 0 Å². The Morgan fingerprint density at radius 3 is 2.31 bits per heavy atom. The molecule has 0 saturated heterocycles. The lowest BCUT2D eigenvalue weighted by molar-refractivity contribution is 0.0671. The van der Waals surface area contributed by atoms with Crippen LogP contribution in [0.3, 0.4) is 0 Å². The van der Waals surface area contributed by atoms with Crippen LogP contribution in [0.4, 0.5) is 16.2 Å². The van der Waals surface area contributed by atoms with E-state index in [0.717, 1.165) is 23.2 Å². The summed E-state index contributed by atoms with van der Waals surface area (Å²) in [6.07, 6.45) is 0.848. The number of carbonyl (C=O) groups excluding carboxylic acids is 2. The predicted octanol–water partition coefficient (Wildman–Crippen LogP) is 5.42. The Morgan fingerprint density at radius 1 is 1.06 bits per heavy atom. The lowest BCUT2D eigenvalue weighted by Crippen LogP contribution is -2.43. The normalized spacial score (nSPS) is 12.1. The van der Waals surface area contributed by atoms with Gasteiger partial charge >= 0.3 is 6.03 Å². The number of hydrogen-bond donors (Lipinski definition) is 2. The van der Waals surface area contributed by atoms with Crippen molar-refractivity contribution in [1.29, 1.82) is 0 Å². The van der Waals surface area contributed by atoms with E-state index in [1.165, 1.54) is 0 Å². The molecular formula is C26H38N4O2. The third kappa shape index (κ3) is 7.01. The molecule has 174 valence electrons. The van der Waals surface area contributed by atoms with Gasteiger partial charge in [0.25, 0.3) is 5.91 Å². The maximum absolute atomic E-state index is 13.4. The fraction of sp³-hybridized carbons (Fsp3) is 0.462. The molecule has 0 bridgehead atoms. The van der Waals surface area contributed by atoms with Gasteiger partial charge in [0.15, 0.2) is 0 Å². The summed E-state index contributed by atoms with van der Waals surface area (Å²) in [5.74, 6) is 0.0107. The smallest absolute Gasteiger partial charge is 0.319 e. The average molecular weight is 439 g/mol. The first-order valence-electron chi connectivity index (χ1n) is 11.2. The van der Waals surface area contributed by atoms with E-state index in [1.54, 1.807) is 0 Å². The second-order valence-electron chi connectivity index (χ2n) is 9.63. The minimum Gasteiger partial charge on any atom is -0.377 e. The third-order valence-corrected chi connectivity index (χ3v) is 5.30. The van der Waals surface area contributed by atoms with E-state index in [9.17, 15) is 9.59 Å². The van der Waals surface area contributed by atoms with E-state index < -0.39 is 0 Å². The van der Waals surface area contributed by atoms with Crippen LogP contribution in [0.15, 0.2) is 42.5 Å². The van der Waals surface area contributed by atoms with Crippen LogP contribution in [0.5, 0.6) is 0 Å². The molecule has 0 saturated carbocycles. The Bertz CT molecular complexity index is 947. The van der Waals surface area contributed by atoms with Crippen molar-refractivity contribution in [1.82, 2.24) is 10.2 Å². The first-order chi connectivity index (χ1) is 14.9. The molecular weight excluding hydrogens is 400 g/mol. The van der Waals surface area contributed by atoms with Crippen molar-refractivity contribution in [2.45, 2.75) is 66.1 Å². The van der Waals surface area contributed by atoms with E-state index in [2.05, 4.69) is 24.5 Å². The molecule has 0 aliphatic rings. The molecule has 6 nitrogen and oxygen atoms in total. The van der Waals surface area contributed by atoms with Crippen molar-refractivity contribution in [2.75, 3.05) is 24.3 Å². The van der Waals surface area contributed by atoms with E-state index in [0.29, 0.717) is 17.8 Å². The van der Waals surface area contributed by atoms with Crippen LogP contribution in [-0.2, 0) is 6.54 Å². The number of rotatable bonds is 7. The number of urea groups is 1. The van der Waals surface area contributed by atoms with Gasteiger partial charge in [-0.2, -0.15) is 0 Å². The van der Waals surface area contributed by atoms with E-state index in [4.69, 9.17) is 0 Å². The van der Waals surface area contributed by atoms with Gasteiger partial charge in [0.05, 0.1) is 0 Å². The highest BCUT2D eigenvalue weighted by Crippen LogP contribution is 2.26. The van der Waals surface area contributed by atoms with Crippen LogP contribution in [0, 0.1) is 6.92 Å². The number of carbonyl (C=O) groups is 2. The topological polar surface area (TPSA) is 64.7 Å². The number of aryl methyl sites for hydroxylation is 1. The molecule has 6 heteroatoms. The first-order valence-corrected chi connectivity index (χ1v) is 11.2. The molecule has 0 aromatic heterocycles. The van der Waals surface area contributed by atoms with E-state index in [-0.39, 0.29) is 23.5 Å². The van der Waals surface area contributed by atoms with Crippen LogP contribution in [0.1, 0.15) is 62.5 Å². The average Bonchev–Trinajstić information content (AvgIpc) is 2.69. The summed E-state index contributed by atoms with van der Waals surface area (Å²) in [4.78, 5) is 29.7. The summed E-state index contributed by atoms with van der Waals surface area (Å²) >= 11 is 0. The van der Waals surface area contributed by atoms with Gasteiger partial charge in [0, 0.05) is 49.2 Å². The maximum atomic E-state index is 13.4. The summed E-state index contributed by atoms with van der Waals surface area (Å²) in [7, 11) is 3.96. The molecule has 2 aromatic carbocycles. The van der Waals surface area contributed by atoms with Crippen LogP contribution in [0.25, 0.3) is 0 Å². The summed E-state index contributed by atoms with van der Waals surface area (Å²) in [5.41, 5.74) is 4.10. The zero-order valence-corrected chi connectivity index (χ0v) is 20.7. The van der Waals surface area contributed by atoms with Gasteiger partial charge in [-0.1, -0.05) is 24.6 Å². The van der Waals surface area contributed by atoms with Crippen molar-refractivity contribution in [3.63, 3.8) is 0 Å². The van der Waals surface area contributed by atoms with Gasteiger partial charge < -0.3 is 20.4 Å². The standard InChI is InChI=1S/C26H38N4O2/c1-9-19(3)30(24(31)20-12-10-11-18(2)15-20)17-21-16-22(13-14-23(21)29(7)8)27-25(32)28-26(4,5)6/h10-16,19H,9,17H2,1-8H3,(H2,27,28,32). The largest absolute Gasteiger partial charge is 0.377 e. The van der Waals surface area contributed by atoms with Crippen molar-refractivity contribution in [2.24, 2.45) is 0 Å². The molecule has 0 radical (unpaired) electrons. The van der Waals surface area contributed by atoms with Gasteiger partial charge in [-0.3, -0.25) is 4.79 Å². The van der Waals surface area contributed by atoms with Gasteiger partial charge in [-0.05, 0) is 76.9 Å². The van der Waals surface area contributed by atoms with Gasteiger partial charge in [0.1, 0.15) is 0 Å². The zero-order chi connectivity index (χ0) is 24.1. The summed E-state index contributed by atoms with van der Waals surface area (Å²) in [6, 6.07) is 13.3. The fourth-order valence-electron chi connectivity index (χ4n) is 3.50. The highest BCUT2D eigenvalue weighted by Gasteiger charge is 2.23. The molecule has 2 aromatic rings. The molecule has 0 heterocycles. The van der Waals surface area contributed by atoms with Crippen molar-refractivity contribution >= 4 is 23.3 Å². The highest BCUT2D eigenvalue weighted by molar-refractivity contribution is 5.95. The molecule has 2 rings (SSSR count). The Balaban J connectivity index is 2.38. The summed E-state index contributed by atoms with van der Waals surface area (Å²) in [6.45, 7) is 12.4. The Hall–Kier alpha value is -3.02. The highest BCUT2D eigenvalue weighted by atomic mass is 16.2. The number of amides is 3. The molecule has 0 aliphatic heterocycles. The molecule has 32 heavy (non-hydrogen) atoms. The van der Waals surface area contributed by atoms with Crippen LogP contribution < -0.4 is 15.5 Å². The Kier molecular flexibility index (Phi) is 8.31. The first kappa shape index (κ1) is 25.2. The number of nitrogens with one attached hydrogen (secondary N) is 2. The van der Waals surface area contributed by atoms with Gasteiger partial charge in [0.2, 0.25) is 0 Å². The molecule has 0 fully saturated rings. The Morgan fingerprint density at radius 2 is 1.75 bits per heavy atom. The number of benzene rings is 2. The van der Waals surface area contributed by atoms with Crippen LogP contribution in [-0.4, -0.2) is 42.5 Å². The second-order valence-corrected chi connectivity index (χ2v) is 9.63. The third-order valence-electron chi connectivity index (χ3n) is 5.30. The number of nitrogens with zero attached hydrogens (tertiary/aromatic N) is 2.